The molecule has 2 aromatic rings. The smallest absolute Gasteiger partial charge is 0.331 e. The number of pyridine rings is 1. The molecule has 1 aliphatic heterocycles. The molecule has 32 heavy (non-hydrogen) atoms. The van der Waals surface area contributed by atoms with Crippen LogP contribution in [0.4, 0.5) is 42.6 Å². The van der Waals surface area contributed by atoms with E-state index in [1.165, 1.54) is 23.2 Å². The number of amides is 1. The standard InChI is InChI=1S/C19H13ClF6N4O2/c20-15-9-12(19(24,25)26)10-27-16(15)30-6-4-13(5-7-30)29-32-17(31)28-14-3-1-2-11(8-14)18(21,22)23/h1-4,6,8-10H,5,7H2,(H,28,31). The number of carbonyl (C=O) groups excluding carboxylic acids is 1. The van der Waals surface area contributed by atoms with Crippen LogP contribution in [0.25, 0.3) is 0 Å². The van der Waals surface area contributed by atoms with Crippen molar-refractivity contribution in [1.82, 2.24) is 4.98 Å². The number of carbonyl (C=O) groups is 1. The average Bonchev–Trinajstić information content (AvgIpc) is 2.71. The summed E-state index contributed by atoms with van der Waals surface area (Å²) in [6, 6.07) is 4.75. The SMILES string of the molecule is O=C(Nc1cccc(C(F)(F)F)c1)ON=C1C=CN(c2ncc(C(F)(F)F)cc2Cl)CC1. The van der Waals surface area contributed by atoms with Gasteiger partial charge in [-0.15, -0.1) is 0 Å². The molecule has 2 heterocycles. The second-order valence-electron chi connectivity index (χ2n) is 6.45. The fraction of sp³-hybridized carbons (Fsp3) is 0.211. The number of rotatable bonds is 3. The van der Waals surface area contributed by atoms with Gasteiger partial charge in [-0.05, 0) is 30.3 Å². The molecule has 1 aromatic heterocycles. The van der Waals surface area contributed by atoms with Crippen LogP contribution in [0.5, 0.6) is 0 Å². The molecule has 6 nitrogen and oxygen atoms in total. The molecule has 0 radical (unpaired) electrons. The molecule has 0 saturated heterocycles. The number of allylic oxidation sites excluding steroid dienone is 1. The van der Waals surface area contributed by atoms with Crippen LogP contribution < -0.4 is 10.2 Å². The first kappa shape index (κ1) is 23.4. The molecule has 0 spiro atoms. The van der Waals surface area contributed by atoms with Crippen molar-refractivity contribution in [3.05, 3.63) is 65.0 Å². The van der Waals surface area contributed by atoms with Crippen LogP contribution in [0.1, 0.15) is 17.5 Å². The summed E-state index contributed by atoms with van der Waals surface area (Å²) >= 11 is 5.91. The van der Waals surface area contributed by atoms with Crippen molar-refractivity contribution in [2.75, 3.05) is 16.8 Å². The summed E-state index contributed by atoms with van der Waals surface area (Å²) in [6.45, 7) is 0.228. The maximum atomic E-state index is 12.7. The summed E-state index contributed by atoms with van der Waals surface area (Å²) < 4.78 is 76.3. The molecular weight excluding hydrogens is 466 g/mol. The molecule has 0 aliphatic carbocycles. The van der Waals surface area contributed by atoms with Crippen LogP contribution >= 0.6 is 11.6 Å². The van der Waals surface area contributed by atoms with Gasteiger partial charge in [0, 0.05) is 31.0 Å². The number of hydrogen-bond acceptors (Lipinski definition) is 5. The van der Waals surface area contributed by atoms with E-state index in [-0.39, 0.29) is 29.5 Å². The molecule has 1 aliphatic rings. The number of nitrogens with zero attached hydrogens (tertiary/aromatic N) is 3. The molecule has 0 saturated carbocycles. The molecule has 13 heteroatoms. The number of alkyl halides is 6. The molecule has 0 unspecified atom stereocenters. The predicted molar refractivity (Wildman–Crippen MR) is 104 cm³/mol. The zero-order chi connectivity index (χ0) is 23.5. The zero-order valence-electron chi connectivity index (χ0n) is 15.8. The lowest BCUT2D eigenvalue weighted by Gasteiger charge is -2.24. The van der Waals surface area contributed by atoms with Crippen LogP contribution in [0.3, 0.4) is 0 Å². The van der Waals surface area contributed by atoms with Crippen molar-refractivity contribution in [2.24, 2.45) is 5.16 Å². The van der Waals surface area contributed by atoms with Crippen molar-refractivity contribution in [3.63, 3.8) is 0 Å². The fourth-order valence-electron chi connectivity index (χ4n) is 2.63. The summed E-state index contributed by atoms with van der Waals surface area (Å²) in [5.74, 6) is 0.109. The number of aromatic nitrogens is 1. The van der Waals surface area contributed by atoms with E-state index in [1.807, 2.05) is 0 Å². The van der Waals surface area contributed by atoms with Crippen molar-refractivity contribution < 1.29 is 36.0 Å². The second kappa shape index (κ2) is 9.07. The van der Waals surface area contributed by atoms with Gasteiger partial charge in [-0.1, -0.05) is 22.8 Å². The van der Waals surface area contributed by atoms with E-state index >= 15 is 0 Å². The largest absolute Gasteiger partial charge is 0.437 e. The molecule has 0 fully saturated rings. The highest BCUT2D eigenvalue weighted by atomic mass is 35.5. The van der Waals surface area contributed by atoms with E-state index in [0.29, 0.717) is 11.9 Å². The van der Waals surface area contributed by atoms with Gasteiger partial charge in [0.15, 0.2) is 5.82 Å². The molecule has 1 N–H and O–H groups in total. The first-order valence-corrected chi connectivity index (χ1v) is 9.21. The second-order valence-corrected chi connectivity index (χ2v) is 6.86. The highest BCUT2D eigenvalue weighted by molar-refractivity contribution is 6.33. The minimum absolute atomic E-state index is 0.109. The summed E-state index contributed by atoms with van der Waals surface area (Å²) in [5, 5.41) is 5.55. The van der Waals surface area contributed by atoms with E-state index < -0.39 is 29.6 Å². The van der Waals surface area contributed by atoms with Gasteiger partial charge >= 0.3 is 18.4 Å². The number of oxime groups is 1. The van der Waals surface area contributed by atoms with Crippen molar-refractivity contribution in [2.45, 2.75) is 18.8 Å². The first-order valence-electron chi connectivity index (χ1n) is 8.83. The van der Waals surface area contributed by atoms with E-state index in [2.05, 4.69) is 20.3 Å². The molecule has 1 aromatic carbocycles. The van der Waals surface area contributed by atoms with Crippen molar-refractivity contribution in [3.8, 4) is 0 Å². The Labute approximate surface area is 182 Å². The zero-order valence-corrected chi connectivity index (χ0v) is 16.6. The van der Waals surface area contributed by atoms with E-state index in [9.17, 15) is 31.1 Å². The van der Waals surface area contributed by atoms with E-state index in [4.69, 9.17) is 11.6 Å². The fourth-order valence-corrected chi connectivity index (χ4v) is 2.91. The lowest BCUT2D eigenvalue weighted by atomic mass is 10.2. The number of nitrogens with one attached hydrogen (secondary N) is 1. The van der Waals surface area contributed by atoms with Gasteiger partial charge in [0.25, 0.3) is 0 Å². The summed E-state index contributed by atoms with van der Waals surface area (Å²) in [6.07, 6.45) is -6.47. The Bertz CT molecular complexity index is 1070. The minimum atomic E-state index is -4.57. The van der Waals surface area contributed by atoms with Crippen LogP contribution in [0.15, 0.2) is 54.0 Å². The number of hydrogen-bond donors (Lipinski definition) is 1. The Morgan fingerprint density at radius 2 is 1.84 bits per heavy atom. The highest BCUT2D eigenvalue weighted by Gasteiger charge is 2.32. The number of anilines is 2. The first-order chi connectivity index (χ1) is 14.9. The minimum Gasteiger partial charge on any atom is -0.331 e. The Kier molecular flexibility index (Phi) is 6.63. The normalized spacial score (nSPS) is 15.7. The molecule has 3 rings (SSSR count). The number of benzene rings is 1. The van der Waals surface area contributed by atoms with Crippen LogP contribution in [0.2, 0.25) is 5.02 Å². The van der Waals surface area contributed by atoms with E-state index in [1.54, 1.807) is 0 Å². The van der Waals surface area contributed by atoms with Crippen molar-refractivity contribution >= 4 is 34.9 Å². The molecule has 1 amide bonds. The monoisotopic (exact) mass is 478 g/mol. The molecule has 170 valence electrons. The van der Waals surface area contributed by atoms with Gasteiger partial charge in [0.1, 0.15) is 0 Å². The summed E-state index contributed by atoms with van der Waals surface area (Å²) in [5.41, 5.74) is -1.73. The summed E-state index contributed by atoms with van der Waals surface area (Å²) in [7, 11) is 0. The van der Waals surface area contributed by atoms with Gasteiger partial charge in [0.05, 0.1) is 21.9 Å². The third-order valence-corrected chi connectivity index (χ3v) is 4.44. The van der Waals surface area contributed by atoms with Gasteiger partial charge < -0.3 is 4.90 Å². The Hall–Kier alpha value is -3.28. The Morgan fingerprint density at radius 1 is 1.12 bits per heavy atom. The van der Waals surface area contributed by atoms with Gasteiger partial charge in [-0.3, -0.25) is 10.2 Å². The topological polar surface area (TPSA) is 66.8 Å². The van der Waals surface area contributed by atoms with Crippen LogP contribution in [-0.2, 0) is 17.2 Å². The maximum absolute atomic E-state index is 12.7. The molecule has 0 atom stereocenters. The lowest BCUT2D eigenvalue weighted by Crippen LogP contribution is -2.26. The third kappa shape index (κ3) is 5.90. The van der Waals surface area contributed by atoms with Gasteiger partial charge in [0.2, 0.25) is 0 Å². The van der Waals surface area contributed by atoms with Crippen LogP contribution in [-0.4, -0.2) is 23.3 Å². The maximum Gasteiger partial charge on any atom is 0.437 e. The Morgan fingerprint density at radius 3 is 2.44 bits per heavy atom. The van der Waals surface area contributed by atoms with Gasteiger partial charge in [-0.25, -0.2) is 9.78 Å². The lowest BCUT2D eigenvalue weighted by molar-refractivity contribution is -0.138. The molecule has 0 bridgehead atoms. The number of halogens is 7. The quantitative estimate of drug-likeness (QED) is 0.329. The van der Waals surface area contributed by atoms with E-state index in [0.717, 1.165) is 24.3 Å². The third-order valence-electron chi connectivity index (χ3n) is 4.16. The van der Waals surface area contributed by atoms with Crippen molar-refractivity contribution in [1.29, 1.82) is 0 Å². The van der Waals surface area contributed by atoms with Crippen LogP contribution in [0, 0.1) is 0 Å². The Balaban J connectivity index is 1.60. The highest BCUT2D eigenvalue weighted by Crippen LogP contribution is 2.34. The van der Waals surface area contributed by atoms with Gasteiger partial charge in [-0.2, -0.15) is 26.3 Å². The average molecular weight is 479 g/mol. The predicted octanol–water partition coefficient (Wildman–Crippen LogP) is 6.10. The molecular formula is C19H13ClF6N4O2. The summed E-state index contributed by atoms with van der Waals surface area (Å²) in [4.78, 5) is 21.7.